The smallest absolute Gasteiger partial charge is 0.306 e. The molecule has 0 saturated carbocycles. The van der Waals surface area contributed by atoms with Crippen molar-refractivity contribution in [3.05, 3.63) is 51.9 Å². The quantitative estimate of drug-likeness (QED) is 0.592. The van der Waals surface area contributed by atoms with Gasteiger partial charge in [-0.15, -0.1) is 0 Å². The topological polar surface area (TPSA) is 88.0 Å². The standard InChI is InChI=1S/C23H29N3O3/c1-5-26-20-9-7-16(6-8-17(23(28)29)10-14(2)3)12-19(20)25-21(26)18-11-15(4)22(27)24-13-18/h7,9,11-14,17H,5-6,8,10H2,1-4H3,(H,24,27)(H,28,29)/t17-/m0/s1. The lowest BCUT2D eigenvalue weighted by atomic mass is 9.91. The Morgan fingerprint density at radius 3 is 2.66 bits per heavy atom. The first-order chi connectivity index (χ1) is 13.8. The molecule has 0 saturated heterocycles. The van der Waals surface area contributed by atoms with Crippen molar-refractivity contribution in [3.8, 4) is 11.4 Å². The first-order valence-electron chi connectivity index (χ1n) is 10.2. The van der Waals surface area contributed by atoms with Crippen molar-refractivity contribution >= 4 is 17.0 Å². The van der Waals surface area contributed by atoms with Gasteiger partial charge in [-0.25, -0.2) is 4.98 Å². The lowest BCUT2D eigenvalue weighted by molar-refractivity contribution is -0.142. The molecule has 0 radical (unpaired) electrons. The van der Waals surface area contributed by atoms with Crippen LogP contribution < -0.4 is 5.56 Å². The minimum atomic E-state index is -0.717. The largest absolute Gasteiger partial charge is 0.481 e. The fourth-order valence-corrected chi connectivity index (χ4v) is 3.85. The van der Waals surface area contributed by atoms with Gasteiger partial charge in [-0.1, -0.05) is 19.9 Å². The number of benzene rings is 1. The number of aromatic nitrogens is 3. The predicted molar refractivity (Wildman–Crippen MR) is 115 cm³/mol. The summed E-state index contributed by atoms with van der Waals surface area (Å²) in [5.74, 6) is 0.147. The zero-order valence-electron chi connectivity index (χ0n) is 17.5. The molecule has 1 aromatic carbocycles. The molecule has 1 atom stereocenters. The summed E-state index contributed by atoms with van der Waals surface area (Å²) in [6.45, 7) is 8.73. The molecule has 0 aliphatic heterocycles. The molecule has 0 aliphatic rings. The molecule has 154 valence electrons. The maximum atomic E-state index is 11.7. The Kier molecular flexibility index (Phi) is 6.20. The van der Waals surface area contributed by atoms with Gasteiger partial charge in [0, 0.05) is 23.9 Å². The van der Waals surface area contributed by atoms with E-state index in [9.17, 15) is 14.7 Å². The number of pyridine rings is 1. The molecule has 0 fully saturated rings. The molecule has 2 N–H and O–H groups in total. The van der Waals surface area contributed by atoms with Crippen LogP contribution >= 0.6 is 0 Å². The number of aliphatic carboxylic acids is 1. The van der Waals surface area contributed by atoms with E-state index in [1.807, 2.05) is 6.07 Å². The fourth-order valence-electron chi connectivity index (χ4n) is 3.85. The molecule has 0 bridgehead atoms. The van der Waals surface area contributed by atoms with Crippen LogP contribution in [0.5, 0.6) is 0 Å². The number of fused-ring (bicyclic) bond motifs is 1. The number of imidazole rings is 1. The Hall–Kier alpha value is -2.89. The van der Waals surface area contributed by atoms with E-state index in [0.29, 0.717) is 30.7 Å². The molecule has 2 heterocycles. The maximum absolute atomic E-state index is 11.7. The summed E-state index contributed by atoms with van der Waals surface area (Å²) in [5, 5.41) is 9.47. The van der Waals surface area contributed by atoms with Gasteiger partial charge in [0.15, 0.2) is 0 Å². The third kappa shape index (κ3) is 4.58. The number of hydrogen-bond acceptors (Lipinski definition) is 3. The molecule has 3 rings (SSSR count). The first kappa shape index (κ1) is 20.8. The summed E-state index contributed by atoms with van der Waals surface area (Å²) in [6, 6.07) is 8.03. The number of hydrogen-bond donors (Lipinski definition) is 2. The van der Waals surface area contributed by atoms with Gasteiger partial charge in [-0.2, -0.15) is 0 Å². The van der Waals surface area contributed by atoms with Crippen molar-refractivity contribution in [2.24, 2.45) is 11.8 Å². The number of rotatable bonds is 8. The van der Waals surface area contributed by atoms with E-state index >= 15 is 0 Å². The molecule has 0 aliphatic carbocycles. The maximum Gasteiger partial charge on any atom is 0.306 e. The second-order valence-electron chi connectivity index (χ2n) is 8.11. The van der Waals surface area contributed by atoms with Gasteiger partial charge in [0.2, 0.25) is 0 Å². The fraction of sp³-hybridized carbons (Fsp3) is 0.435. The van der Waals surface area contributed by atoms with Gasteiger partial charge in [0.25, 0.3) is 5.56 Å². The molecule has 6 nitrogen and oxygen atoms in total. The van der Waals surface area contributed by atoms with E-state index in [0.717, 1.165) is 34.5 Å². The normalized spacial score (nSPS) is 12.6. The van der Waals surface area contributed by atoms with Gasteiger partial charge in [-0.05, 0) is 62.8 Å². The van der Waals surface area contributed by atoms with Crippen molar-refractivity contribution in [2.45, 2.75) is 53.5 Å². The zero-order valence-corrected chi connectivity index (χ0v) is 17.5. The Balaban J connectivity index is 1.91. The molecular weight excluding hydrogens is 366 g/mol. The average molecular weight is 396 g/mol. The van der Waals surface area contributed by atoms with Crippen molar-refractivity contribution in [1.82, 2.24) is 14.5 Å². The summed E-state index contributed by atoms with van der Waals surface area (Å²) in [7, 11) is 0. The van der Waals surface area contributed by atoms with Gasteiger partial charge < -0.3 is 14.7 Å². The van der Waals surface area contributed by atoms with Gasteiger partial charge in [-0.3, -0.25) is 9.59 Å². The highest BCUT2D eigenvalue weighted by Crippen LogP contribution is 2.26. The summed E-state index contributed by atoms with van der Waals surface area (Å²) in [4.78, 5) is 30.8. The minimum absolute atomic E-state index is 0.0930. The zero-order chi connectivity index (χ0) is 21.1. The second-order valence-corrected chi connectivity index (χ2v) is 8.11. The summed E-state index contributed by atoms with van der Waals surface area (Å²) < 4.78 is 2.13. The predicted octanol–water partition coefficient (Wildman–Crippen LogP) is 4.40. The average Bonchev–Trinajstić information content (AvgIpc) is 3.04. The minimum Gasteiger partial charge on any atom is -0.481 e. The van der Waals surface area contributed by atoms with Crippen LogP contribution in [0, 0.1) is 18.8 Å². The SMILES string of the molecule is CCn1c(-c2c[nH]c(=O)c(C)c2)nc2cc(CC[C@@H](CC(C)C)C(=O)O)ccc21. The number of H-pyrrole nitrogens is 1. The highest BCUT2D eigenvalue weighted by Gasteiger charge is 2.19. The van der Waals surface area contributed by atoms with Gasteiger partial charge in [0.05, 0.1) is 17.0 Å². The van der Waals surface area contributed by atoms with E-state index < -0.39 is 5.97 Å². The van der Waals surface area contributed by atoms with Crippen molar-refractivity contribution in [1.29, 1.82) is 0 Å². The van der Waals surface area contributed by atoms with Crippen LogP contribution in [0.3, 0.4) is 0 Å². The Labute approximate surface area is 170 Å². The molecule has 6 heteroatoms. The number of nitrogens with zero attached hydrogens (tertiary/aromatic N) is 2. The van der Waals surface area contributed by atoms with Gasteiger partial charge >= 0.3 is 5.97 Å². The van der Waals surface area contributed by atoms with Crippen LogP contribution in [0.25, 0.3) is 22.4 Å². The summed E-state index contributed by atoms with van der Waals surface area (Å²) >= 11 is 0. The van der Waals surface area contributed by atoms with Crippen LogP contribution in [-0.2, 0) is 17.8 Å². The highest BCUT2D eigenvalue weighted by molar-refractivity contribution is 5.81. The molecule has 2 aromatic heterocycles. The highest BCUT2D eigenvalue weighted by atomic mass is 16.4. The molecule has 0 unspecified atom stereocenters. The molecule has 0 amide bonds. The Morgan fingerprint density at radius 2 is 2.03 bits per heavy atom. The van der Waals surface area contributed by atoms with Crippen LogP contribution in [-0.4, -0.2) is 25.6 Å². The lowest BCUT2D eigenvalue weighted by Crippen LogP contribution is -2.16. The van der Waals surface area contributed by atoms with Gasteiger partial charge in [0.1, 0.15) is 5.82 Å². The van der Waals surface area contributed by atoms with Crippen molar-refractivity contribution in [3.63, 3.8) is 0 Å². The number of carboxylic acids is 1. The molecular formula is C23H29N3O3. The monoisotopic (exact) mass is 395 g/mol. The van der Waals surface area contributed by atoms with Crippen molar-refractivity contribution < 1.29 is 9.90 Å². The van der Waals surface area contributed by atoms with Crippen LogP contribution in [0.1, 0.15) is 44.7 Å². The molecule has 0 spiro atoms. The summed E-state index contributed by atoms with van der Waals surface area (Å²) in [6.07, 6.45) is 3.73. The summed E-state index contributed by atoms with van der Waals surface area (Å²) in [5.41, 5.74) is 4.46. The Morgan fingerprint density at radius 1 is 1.28 bits per heavy atom. The van der Waals surface area contributed by atoms with Crippen molar-refractivity contribution in [2.75, 3.05) is 0 Å². The number of aromatic amines is 1. The number of carboxylic acid groups (broad SMARTS) is 1. The first-order valence-corrected chi connectivity index (χ1v) is 10.2. The molecule has 3 aromatic rings. The van der Waals surface area contributed by atoms with E-state index in [-0.39, 0.29) is 11.5 Å². The number of carbonyl (C=O) groups is 1. The second kappa shape index (κ2) is 8.64. The van der Waals surface area contributed by atoms with Crippen LogP contribution in [0.2, 0.25) is 0 Å². The molecule has 29 heavy (non-hydrogen) atoms. The lowest BCUT2D eigenvalue weighted by Gasteiger charge is -2.14. The third-order valence-electron chi connectivity index (χ3n) is 5.36. The van der Waals surface area contributed by atoms with Crippen LogP contribution in [0.4, 0.5) is 0 Å². The van der Waals surface area contributed by atoms with E-state index in [1.165, 1.54) is 0 Å². The number of nitrogens with one attached hydrogen (secondary N) is 1. The van der Waals surface area contributed by atoms with Crippen LogP contribution in [0.15, 0.2) is 35.3 Å². The van der Waals surface area contributed by atoms with E-state index in [4.69, 9.17) is 4.98 Å². The van der Waals surface area contributed by atoms with E-state index in [2.05, 4.69) is 48.5 Å². The van der Waals surface area contributed by atoms with E-state index in [1.54, 1.807) is 13.1 Å². The third-order valence-corrected chi connectivity index (χ3v) is 5.36. The number of aryl methyl sites for hydroxylation is 3. The Bertz CT molecular complexity index is 1080.